The normalized spacial score (nSPS) is 17.0. The van der Waals surface area contributed by atoms with Gasteiger partial charge in [-0.1, -0.05) is 0 Å². The first-order valence-corrected chi connectivity index (χ1v) is 11.9. The van der Waals surface area contributed by atoms with Gasteiger partial charge in [-0.2, -0.15) is 13.2 Å². The molecule has 2 aliphatic heterocycles. The molecule has 0 aromatic heterocycles. The number of ether oxygens (including phenoxy) is 2. The molecule has 1 saturated heterocycles. The molecule has 38 heavy (non-hydrogen) atoms. The molecule has 0 saturated carbocycles. The van der Waals surface area contributed by atoms with E-state index in [0.29, 0.717) is 48.2 Å². The molecule has 198 valence electrons. The fraction of sp³-hybridized carbons (Fsp3) is 0.259. The predicted octanol–water partition coefficient (Wildman–Crippen LogP) is 6.28. The average molecular weight is 529 g/mol. The highest BCUT2D eigenvalue weighted by molar-refractivity contribution is 6.04. The number of carbonyl (C=O) groups is 1. The quantitative estimate of drug-likeness (QED) is 0.398. The number of amidine groups is 1. The molecule has 1 fully saturated rings. The molecule has 0 unspecified atom stereocenters. The Morgan fingerprint density at radius 1 is 1.05 bits per heavy atom. The second-order valence-corrected chi connectivity index (χ2v) is 9.01. The molecule has 0 aliphatic carbocycles. The Morgan fingerprint density at radius 2 is 1.79 bits per heavy atom. The summed E-state index contributed by atoms with van der Waals surface area (Å²) in [6.07, 6.45) is -4.54. The molecule has 2 heterocycles. The highest BCUT2D eigenvalue weighted by Gasteiger charge is 2.34. The lowest BCUT2D eigenvalue weighted by Gasteiger charge is -2.41. The van der Waals surface area contributed by atoms with Gasteiger partial charge in [0.15, 0.2) is 5.75 Å². The number of nitrogens with zero attached hydrogens (tertiary/aromatic N) is 3. The van der Waals surface area contributed by atoms with E-state index in [1.165, 1.54) is 37.4 Å². The molecular formula is C27H24F4N4O3. The second kappa shape index (κ2) is 9.88. The number of aliphatic imine (C=N–C) groups is 1. The number of carbonyl (C=O) groups excluding carboxylic acids is 1. The number of urea groups is 1. The lowest BCUT2D eigenvalue weighted by molar-refractivity contribution is -0.137. The van der Waals surface area contributed by atoms with Gasteiger partial charge in [0.2, 0.25) is 0 Å². The van der Waals surface area contributed by atoms with E-state index in [1.807, 2.05) is 11.8 Å². The topological polar surface area (TPSA) is 66.4 Å². The van der Waals surface area contributed by atoms with Crippen LogP contribution in [0.2, 0.25) is 0 Å². The van der Waals surface area contributed by atoms with Gasteiger partial charge in [0.25, 0.3) is 0 Å². The highest BCUT2D eigenvalue weighted by Crippen LogP contribution is 2.42. The van der Waals surface area contributed by atoms with Crippen LogP contribution in [-0.4, -0.2) is 54.5 Å². The summed E-state index contributed by atoms with van der Waals surface area (Å²) in [5.41, 5.74) is 0.246. The minimum atomic E-state index is -4.54. The van der Waals surface area contributed by atoms with Crippen LogP contribution in [0.5, 0.6) is 17.2 Å². The van der Waals surface area contributed by atoms with E-state index < -0.39 is 17.6 Å². The molecule has 2 aliphatic rings. The molecule has 3 aromatic carbocycles. The smallest absolute Gasteiger partial charge is 0.416 e. The number of hydrogen-bond donors (Lipinski definition) is 1. The van der Waals surface area contributed by atoms with Gasteiger partial charge < -0.3 is 24.6 Å². The zero-order valence-corrected chi connectivity index (χ0v) is 20.6. The van der Waals surface area contributed by atoms with Gasteiger partial charge in [0.1, 0.15) is 28.8 Å². The van der Waals surface area contributed by atoms with Crippen molar-refractivity contribution in [1.29, 1.82) is 0 Å². The number of nitrogens with one attached hydrogen (secondary N) is 1. The van der Waals surface area contributed by atoms with Crippen LogP contribution in [0.15, 0.2) is 65.7 Å². The molecule has 0 bridgehead atoms. The van der Waals surface area contributed by atoms with Gasteiger partial charge in [-0.05, 0) is 67.6 Å². The number of halogens is 4. The van der Waals surface area contributed by atoms with E-state index >= 15 is 0 Å². The average Bonchev–Trinajstić information content (AvgIpc) is 3.05. The van der Waals surface area contributed by atoms with E-state index in [2.05, 4.69) is 10.3 Å². The molecule has 5 rings (SSSR count). The van der Waals surface area contributed by atoms with Crippen molar-refractivity contribution in [2.45, 2.75) is 19.1 Å². The maximum atomic E-state index is 13.4. The minimum Gasteiger partial charge on any atom is -0.497 e. The summed E-state index contributed by atoms with van der Waals surface area (Å²) >= 11 is 0. The third kappa shape index (κ3) is 5.09. The van der Waals surface area contributed by atoms with Crippen LogP contribution in [0.3, 0.4) is 0 Å². The van der Waals surface area contributed by atoms with Crippen molar-refractivity contribution in [2.24, 2.45) is 4.99 Å². The number of rotatable bonds is 2. The SMILES string of the molecule is COc1ccc2c(c1)C(N1CCN(C(=O)Nc3ccc(F)cc3)[C@@H](C)C1)=Nc1cc(C(F)(F)F)ccc1O2. The number of alkyl halides is 3. The standard InChI is InChI=1S/C27H24F4N4O3/c1-16-15-34(11-12-35(16)26(36)32-19-6-4-18(28)5-7-19)25-21-14-20(37-2)8-10-23(21)38-24-9-3-17(27(29,30)31)13-22(24)33-25/h3-10,13-14,16H,11-12,15H2,1-2H3,(H,32,36)/t16-/m0/s1. The fourth-order valence-electron chi connectivity index (χ4n) is 4.48. The number of anilines is 1. The summed E-state index contributed by atoms with van der Waals surface area (Å²) in [7, 11) is 1.51. The Bertz CT molecular complexity index is 1390. The molecule has 1 N–H and O–H groups in total. The largest absolute Gasteiger partial charge is 0.497 e. The van der Waals surface area contributed by atoms with Crippen molar-refractivity contribution in [1.82, 2.24) is 9.80 Å². The lowest BCUT2D eigenvalue weighted by Crippen LogP contribution is -2.56. The van der Waals surface area contributed by atoms with Gasteiger partial charge >= 0.3 is 12.2 Å². The molecule has 7 nitrogen and oxygen atoms in total. The summed E-state index contributed by atoms with van der Waals surface area (Å²) in [4.78, 5) is 21.1. The minimum absolute atomic E-state index is 0.0501. The maximum Gasteiger partial charge on any atom is 0.416 e. The number of methoxy groups -OCH3 is 1. The van der Waals surface area contributed by atoms with Crippen molar-refractivity contribution >= 4 is 23.2 Å². The van der Waals surface area contributed by atoms with Gasteiger partial charge in [0, 0.05) is 31.4 Å². The van der Waals surface area contributed by atoms with Crippen LogP contribution in [0.25, 0.3) is 0 Å². The Balaban J connectivity index is 1.45. The molecule has 3 aromatic rings. The van der Waals surface area contributed by atoms with Gasteiger partial charge in [-0.3, -0.25) is 0 Å². The third-order valence-corrected chi connectivity index (χ3v) is 6.44. The monoisotopic (exact) mass is 528 g/mol. The second-order valence-electron chi connectivity index (χ2n) is 9.01. The van der Waals surface area contributed by atoms with E-state index in [-0.39, 0.29) is 23.5 Å². The van der Waals surface area contributed by atoms with Crippen molar-refractivity contribution < 1.29 is 31.8 Å². The van der Waals surface area contributed by atoms with Gasteiger partial charge in [0.05, 0.1) is 18.2 Å². The zero-order chi connectivity index (χ0) is 27.0. The molecule has 2 amide bonds. The number of piperazine rings is 1. The summed E-state index contributed by atoms with van der Waals surface area (Å²) < 4.78 is 64.9. The Labute approximate surface area is 216 Å². The molecule has 0 radical (unpaired) electrons. The highest BCUT2D eigenvalue weighted by atomic mass is 19.4. The van der Waals surface area contributed by atoms with E-state index in [0.717, 1.165) is 12.1 Å². The summed E-state index contributed by atoms with van der Waals surface area (Å²) in [6.45, 7) is 2.92. The summed E-state index contributed by atoms with van der Waals surface area (Å²) in [5.74, 6) is 1.17. The van der Waals surface area contributed by atoms with Crippen LogP contribution in [0.1, 0.15) is 18.1 Å². The van der Waals surface area contributed by atoms with Gasteiger partial charge in [-0.25, -0.2) is 14.2 Å². The summed E-state index contributed by atoms with van der Waals surface area (Å²) in [5, 5.41) is 2.77. The fourth-order valence-corrected chi connectivity index (χ4v) is 4.48. The van der Waals surface area contributed by atoms with Crippen LogP contribution >= 0.6 is 0 Å². The first kappa shape index (κ1) is 25.4. The summed E-state index contributed by atoms with van der Waals surface area (Å²) in [6, 6.07) is 13.2. The lowest BCUT2D eigenvalue weighted by atomic mass is 10.1. The van der Waals surface area contributed by atoms with Crippen molar-refractivity contribution in [3.63, 3.8) is 0 Å². The van der Waals surface area contributed by atoms with Gasteiger partial charge in [-0.15, -0.1) is 0 Å². The Kier molecular flexibility index (Phi) is 6.60. The number of benzene rings is 3. The number of amides is 2. The third-order valence-electron chi connectivity index (χ3n) is 6.44. The van der Waals surface area contributed by atoms with Crippen LogP contribution in [0.4, 0.5) is 33.7 Å². The molecular weight excluding hydrogens is 504 g/mol. The van der Waals surface area contributed by atoms with Crippen molar-refractivity contribution in [3.8, 4) is 17.2 Å². The maximum absolute atomic E-state index is 13.4. The van der Waals surface area contributed by atoms with E-state index in [9.17, 15) is 22.4 Å². The van der Waals surface area contributed by atoms with Crippen molar-refractivity contribution in [3.05, 3.63) is 77.6 Å². The van der Waals surface area contributed by atoms with Crippen LogP contribution < -0.4 is 14.8 Å². The number of fused-ring (bicyclic) bond motifs is 2. The zero-order valence-electron chi connectivity index (χ0n) is 20.6. The predicted molar refractivity (Wildman–Crippen MR) is 134 cm³/mol. The van der Waals surface area contributed by atoms with Crippen molar-refractivity contribution in [2.75, 3.05) is 32.1 Å². The van der Waals surface area contributed by atoms with E-state index in [4.69, 9.17) is 9.47 Å². The Hall–Kier alpha value is -4.28. The first-order valence-electron chi connectivity index (χ1n) is 11.9. The Morgan fingerprint density at radius 3 is 2.47 bits per heavy atom. The molecule has 11 heteroatoms. The first-order chi connectivity index (χ1) is 18.1. The van der Waals surface area contributed by atoms with Crippen LogP contribution in [-0.2, 0) is 6.18 Å². The van der Waals surface area contributed by atoms with E-state index in [1.54, 1.807) is 23.1 Å². The number of hydrogen-bond acceptors (Lipinski definition) is 5. The van der Waals surface area contributed by atoms with Crippen LogP contribution in [0, 0.1) is 5.82 Å². The molecule has 0 spiro atoms. The molecule has 1 atom stereocenters.